The fourth-order valence-corrected chi connectivity index (χ4v) is 5.04. The molecule has 1 N–H and O–H groups in total. The summed E-state index contributed by atoms with van der Waals surface area (Å²) in [5.41, 5.74) is 5.62. The highest BCUT2D eigenvalue weighted by molar-refractivity contribution is 5.71. The summed E-state index contributed by atoms with van der Waals surface area (Å²) in [7, 11) is 0. The van der Waals surface area contributed by atoms with E-state index in [0.29, 0.717) is 19.4 Å². The molecule has 1 aliphatic rings. The lowest BCUT2D eigenvalue weighted by Crippen LogP contribution is -2.22. The number of benzene rings is 2. The second kappa shape index (κ2) is 13.9. The highest BCUT2D eigenvalue weighted by Gasteiger charge is 2.24. The van der Waals surface area contributed by atoms with E-state index < -0.39 is 5.97 Å². The summed E-state index contributed by atoms with van der Waals surface area (Å²) in [5, 5.41) is 9.27. The van der Waals surface area contributed by atoms with Crippen LogP contribution in [0.1, 0.15) is 87.0 Å². The molecule has 5 heteroatoms. The molecule has 0 spiro atoms. The van der Waals surface area contributed by atoms with Crippen molar-refractivity contribution >= 4 is 5.97 Å². The van der Waals surface area contributed by atoms with Gasteiger partial charge in [0, 0.05) is 18.0 Å². The first-order chi connectivity index (χ1) is 18.1. The Labute approximate surface area is 221 Å². The Morgan fingerprint density at radius 3 is 2.30 bits per heavy atom. The van der Waals surface area contributed by atoms with Gasteiger partial charge < -0.3 is 9.84 Å². The van der Waals surface area contributed by atoms with Crippen LogP contribution in [0.4, 0.5) is 0 Å². The molecule has 0 saturated heterocycles. The van der Waals surface area contributed by atoms with E-state index in [1.54, 1.807) is 0 Å². The first-order valence-electron chi connectivity index (χ1n) is 14.0. The number of aryl methyl sites for hydroxylation is 2. The summed E-state index contributed by atoms with van der Waals surface area (Å²) >= 11 is 0. The quantitative estimate of drug-likeness (QED) is 0.231. The van der Waals surface area contributed by atoms with Crippen molar-refractivity contribution in [2.24, 2.45) is 5.92 Å². The molecule has 1 unspecified atom stereocenters. The normalized spacial score (nSPS) is 14.8. The molecule has 0 amide bonds. The van der Waals surface area contributed by atoms with Gasteiger partial charge in [-0.3, -0.25) is 4.79 Å². The molecule has 37 heavy (non-hydrogen) atoms. The van der Waals surface area contributed by atoms with Gasteiger partial charge in [-0.25, -0.2) is 9.97 Å². The number of carboxylic acid groups (broad SMARTS) is 1. The van der Waals surface area contributed by atoms with Gasteiger partial charge in [0.15, 0.2) is 5.82 Å². The average molecular weight is 501 g/mol. The van der Waals surface area contributed by atoms with Crippen molar-refractivity contribution in [3.8, 4) is 17.1 Å². The topological polar surface area (TPSA) is 72.3 Å². The van der Waals surface area contributed by atoms with Crippen LogP contribution in [0.2, 0.25) is 0 Å². The SMILES string of the molecule is CCCCCCCCCCc1cnc(-c2ccc(COc3ccc4c(c3)CCC(C(=O)O)C4)cc2)nc1. The van der Waals surface area contributed by atoms with Crippen molar-refractivity contribution in [1.82, 2.24) is 9.97 Å². The molecule has 5 nitrogen and oxygen atoms in total. The molecule has 1 aliphatic carbocycles. The van der Waals surface area contributed by atoms with Crippen molar-refractivity contribution in [1.29, 1.82) is 0 Å². The van der Waals surface area contributed by atoms with Crippen LogP contribution >= 0.6 is 0 Å². The van der Waals surface area contributed by atoms with Crippen molar-refractivity contribution in [3.63, 3.8) is 0 Å². The van der Waals surface area contributed by atoms with Gasteiger partial charge in [0.2, 0.25) is 0 Å². The van der Waals surface area contributed by atoms with Crippen LogP contribution in [0.25, 0.3) is 11.4 Å². The lowest BCUT2D eigenvalue weighted by atomic mass is 9.84. The van der Waals surface area contributed by atoms with E-state index in [0.717, 1.165) is 41.1 Å². The Hall–Kier alpha value is -3.21. The number of carboxylic acids is 1. The van der Waals surface area contributed by atoms with Gasteiger partial charge in [-0.05, 0) is 66.5 Å². The average Bonchev–Trinajstić information content (AvgIpc) is 2.93. The summed E-state index contributed by atoms with van der Waals surface area (Å²) in [4.78, 5) is 20.5. The third kappa shape index (κ3) is 8.14. The number of aliphatic carboxylic acids is 1. The number of nitrogens with zero attached hydrogens (tertiary/aromatic N) is 2. The van der Waals surface area contributed by atoms with Gasteiger partial charge in [0.05, 0.1) is 5.92 Å². The first kappa shape index (κ1) is 26.8. The Kier molecular flexibility index (Phi) is 10.1. The van der Waals surface area contributed by atoms with Crippen LogP contribution < -0.4 is 4.74 Å². The van der Waals surface area contributed by atoms with E-state index in [1.807, 2.05) is 36.7 Å². The maximum atomic E-state index is 11.3. The number of unbranched alkanes of at least 4 members (excludes halogenated alkanes) is 7. The Balaban J connectivity index is 1.21. The minimum absolute atomic E-state index is 0.270. The van der Waals surface area contributed by atoms with Gasteiger partial charge in [-0.1, -0.05) is 82.2 Å². The summed E-state index contributed by atoms with van der Waals surface area (Å²) in [5.74, 6) is 0.607. The standard InChI is InChI=1S/C32H40N2O3/c1-2-3-4-5-6-7-8-9-10-25-21-33-31(34-22-25)26-13-11-24(12-14-26)23-37-30-18-17-27-19-29(32(35)36)16-15-28(27)20-30/h11-14,17-18,20-22,29H,2-10,15-16,19,23H2,1H3,(H,35,36). The molecule has 1 aromatic heterocycles. The predicted octanol–water partition coefficient (Wildman–Crippen LogP) is 7.60. The Bertz CT molecular complexity index is 1130. The van der Waals surface area contributed by atoms with Crippen LogP contribution in [0.15, 0.2) is 54.9 Å². The molecule has 2 aromatic carbocycles. The van der Waals surface area contributed by atoms with Gasteiger partial charge in [0.1, 0.15) is 12.4 Å². The highest BCUT2D eigenvalue weighted by atomic mass is 16.5. The number of aromatic nitrogens is 2. The second-order valence-electron chi connectivity index (χ2n) is 10.3. The number of carbonyl (C=O) groups is 1. The van der Waals surface area contributed by atoms with Crippen molar-refractivity contribution in [3.05, 3.63) is 77.1 Å². The van der Waals surface area contributed by atoms with Crippen LogP contribution in [-0.2, 0) is 30.7 Å². The molecule has 0 bridgehead atoms. The monoisotopic (exact) mass is 500 g/mol. The smallest absolute Gasteiger partial charge is 0.306 e. The van der Waals surface area contributed by atoms with E-state index in [9.17, 15) is 9.90 Å². The van der Waals surface area contributed by atoms with Crippen LogP contribution in [0, 0.1) is 5.92 Å². The number of fused-ring (bicyclic) bond motifs is 1. The van der Waals surface area contributed by atoms with E-state index in [1.165, 1.54) is 62.5 Å². The molecular weight excluding hydrogens is 460 g/mol. The molecule has 196 valence electrons. The number of rotatable bonds is 14. The summed E-state index contributed by atoms with van der Waals surface area (Å²) in [6.07, 6.45) is 17.7. The molecule has 0 aliphatic heterocycles. The van der Waals surface area contributed by atoms with Gasteiger partial charge in [-0.2, -0.15) is 0 Å². The van der Waals surface area contributed by atoms with Crippen molar-refractivity contribution in [2.75, 3.05) is 0 Å². The molecule has 1 heterocycles. The maximum Gasteiger partial charge on any atom is 0.306 e. The van der Waals surface area contributed by atoms with Crippen LogP contribution in [0.5, 0.6) is 5.75 Å². The molecule has 0 radical (unpaired) electrons. The minimum Gasteiger partial charge on any atom is -0.489 e. The number of hydrogen-bond donors (Lipinski definition) is 1. The van der Waals surface area contributed by atoms with E-state index in [2.05, 4.69) is 35.1 Å². The zero-order valence-corrected chi connectivity index (χ0v) is 22.1. The lowest BCUT2D eigenvalue weighted by Gasteiger charge is -2.22. The van der Waals surface area contributed by atoms with Gasteiger partial charge in [0.25, 0.3) is 0 Å². The van der Waals surface area contributed by atoms with E-state index in [-0.39, 0.29) is 5.92 Å². The summed E-state index contributed by atoms with van der Waals surface area (Å²) in [6.45, 7) is 2.74. The zero-order chi connectivity index (χ0) is 25.9. The zero-order valence-electron chi connectivity index (χ0n) is 22.1. The summed E-state index contributed by atoms with van der Waals surface area (Å²) < 4.78 is 6.03. The molecule has 0 fully saturated rings. The minimum atomic E-state index is -0.699. The van der Waals surface area contributed by atoms with Crippen LogP contribution in [-0.4, -0.2) is 21.0 Å². The Morgan fingerprint density at radius 1 is 0.892 bits per heavy atom. The Morgan fingerprint density at radius 2 is 1.59 bits per heavy atom. The number of ether oxygens (including phenoxy) is 1. The second-order valence-corrected chi connectivity index (χ2v) is 10.3. The predicted molar refractivity (Wildman–Crippen MR) is 148 cm³/mol. The molecule has 1 atom stereocenters. The highest BCUT2D eigenvalue weighted by Crippen LogP contribution is 2.29. The van der Waals surface area contributed by atoms with Crippen molar-refractivity contribution < 1.29 is 14.6 Å². The first-order valence-corrected chi connectivity index (χ1v) is 14.0. The fourth-order valence-electron chi connectivity index (χ4n) is 5.04. The van der Waals surface area contributed by atoms with E-state index >= 15 is 0 Å². The maximum absolute atomic E-state index is 11.3. The summed E-state index contributed by atoms with van der Waals surface area (Å²) in [6, 6.07) is 14.2. The van der Waals surface area contributed by atoms with Crippen molar-refractivity contribution in [2.45, 2.75) is 90.6 Å². The molecular formula is C32H40N2O3. The largest absolute Gasteiger partial charge is 0.489 e. The molecule has 3 aromatic rings. The third-order valence-corrected chi connectivity index (χ3v) is 7.40. The van der Waals surface area contributed by atoms with Crippen LogP contribution in [0.3, 0.4) is 0 Å². The van der Waals surface area contributed by atoms with Gasteiger partial charge >= 0.3 is 5.97 Å². The van der Waals surface area contributed by atoms with E-state index in [4.69, 9.17) is 4.74 Å². The number of hydrogen-bond acceptors (Lipinski definition) is 4. The molecule has 4 rings (SSSR count). The third-order valence-electron chi connectivity index (χ3n) is 7.40. The molecule has 0 saturated carbocycles. The fraction of sp³-hybridized carbons (Fsp3) is 0.469. The lowest BCUT2D eigenvalue weighted by molar-refractivity contribution is -0.142. The van der Waals surface area contributed by atoms with Gasteiger partial charge in [-0.15, -0.1) is 0 Å².